The summed E-state index contributed by atoms with van der Waals surface area (Å²) in [5, 5.41) is 1.00. The van der Waals surface area contributed by atoms with E-state index in [-0.39, 0.29) is 0 Å². The fourth-order valence-electron chi connectivity index (χ4n) is 3.89. The number of nitrogens with one attached hydrogen (secondary N) is 1. The minimum absolute atomic E-state index is 0.293. The first kappa shape index (κ1) is 30.2. The molecule has 0 heterocycles. The summed E-state index contributed by atoms with van der Waals surface area (Å²) in [5.74, 6) is -2.33. The number of ketones is 2. The van der Waals surface area contributed by atoms with Crippen molar-refractivity contribution in [3.05, 3.63) is 65.7 Å². The van der Waals surface area contributed by atoms with Gasteiger partial charge < -0.3 is 10.1 Å². The molecule has 1 amide bonds. The van der Waals surface area contributed by atoms with Crippen molar-refractivity contribution in [2.75, 3.05) is 11.9 Å². The van der Waals surface area contributed by atoms with Crippen molar-refractivity contribution in [2.24, 2.45) is 0 Å². The molecule has 0 radical (unpaired) electrons. The summed E-state index contributed by atoms with van der Waals surface area (Å²) >= 11 is 6.02. The summed E-state index contributed by atoms with van der Waals surface area (Å²) in [7, 11) is 0. The minimum atomic E-state index is -1.53. The number of amides is 1. The molecule has 0 aliphatic heterocycles. The molecule has 0 saturated carbocycles. The summed E-state index contributed by atoms with van der Waals surface area (Å²) in [6.45, 7) is 2.57. The number of rotatable bonds is 18. The number of anilines is 1. The van der Waals surface area contributed by atoms with Gasteiger partial charge >= 0.3 is 5.97 Å². The molecule has 0 aromatic heterocycles. The lowest BCUT2D eigenvalue weighted by atomic mass is 10.0. The van der Waals surface area contributed by atoms with Gasteiger partial charge in [0.1, 0.15) is 0 Å². The number of Topliss-reactive ketones (excluding diaryl/α,β-unsaturated/α-hetero) is 2. The molecule has 37 heavy (non-hydrogen) atoms. The zero-order valence-corrected chi connectivity index (χ0v) is 22.4. The van der Waals surface area contributed by atoms with E-state index in [1.165, 1.54) is 51.0 Å². The average molecular weight is 528 g/mol. The Labute approximate surface area is 225 Å². The fraction of sp³-hybridized carbons (Fsp3) is 0.467. The van der Waals surface area contributed by atoms with Crippen LogP contribution in [-0.4, -0.2) is 35.4 Å². The van der Waals surface area contributed by atoms with E-state index in [0.29, 0.717) is 23.4 Å². The number of halogens is 1. The Balaban J connectivity index is 1.70. The number of hydrogen-bond acceptors (Lipinski definition) is 5. The second-order valence-electron chi connectivity index (χ2n) is 9.18. The van der Waals surface area contributed by atoms with Crippen LogP contribution in [0.15, 0.2) is 54.6 Å². The van der Waals surface area contributed by atoms with Crippen molar-refractivity contribution in [3.63, 3.8) is 0 Å². The molecular weight excluding hydrogens is 490 g/mol. The van der Waals surface area contributed by atoms with Crippen LogP contribution in [0.25, 0.3) is 0 Å². The third kappa shape index (κ3) is 11.7. The molecule has 0 bridgehead atoms. The van der Waals surface area contributed by atoms with Gasteiger partial charge in [0.05, 0.1) is 18.6 Å². The molecule has 7 heteroatoms. The van der Waals surface area contributed by atoms with E-state index in [9.17, 15) is 19.2 Å². The zero-order valence-electron chi connectivity index (χ0n) is 21.7. The van der Waals surface area contributed by atoms with Crippen LogP contribution in [0.2, 0.25) is 0 Å². The lowest BCUT2D eigenvalue weighted by Gasteiger charge is -2.11. The number of carbonyl (C=O) groups is 4. The van der Waals surface area contributed by atoms with Crippen molar-refractivity contribution in [2.45, 2.75) is 82.9 Å². The highest BCUT2D eigenvalue weighted by molar-refractivity contribution is 6.44. The molecule has 0 spiro atoms. The Morgan fingerprint density at radius 1 is 0.784 bits per heavy atom. The summed E-state index contributed by atoms with van der Waals surface area (Å²) in [5.41, 5.74) is 0.983. The Kier molecular flexibility index (Phi) is 14.3. The highest BCUT2D eigenvalue weighted by Gasteiger charge is 2.26. The topological polar surface area (TPSA) is 89.5 Å². The van der Waals surface area contributed by atoms with Gasteiger partial charge in [-0.1, -0.05) is 101 Å². The smallest absolute Gasteiger partial charge is 0.338 e. The maximum absolute atomic E-state index is 12.4. The van der Waals surface area contributed by atoms with Crippen molar-refractivity contribution < 1.29 is 23.9 Å². The van der Waals surface area contributed by atoms with Crippen LogP contribution in [-0.2, 0) is 14.3 Å². The molecule has 2 aromatic rings. The Morgan fingerprint density at radius 3 is 2.03 bits per heavy atom. The lowest BCUT2D eigenvalue weighted by Crippen LogP contribution is -2.31. The van der Waals surface area contributed by atoms with Gasteiger partial charge in [-0.2, -0.15) is 0 Å². The van der Waals surface area contributed by atoms with Gasteiger partial charge in [0, 0.05) is 11.3 Å². The first-order chi connectivity index (χ1) is 17.9. The van der Waals surface area contributed by atoms with Crippen LogP contribution < -0.4 is 5.32 Å². The van der Waals surface area contributed by atoms with Gasteiger partial charge in [-0.15, -0.1) is 11.6 Å². The third-order valence-electron chi connectivity index (χ3n) is 6.04. The molecule has 2 rings (SSSR count). The predicted molar refractivity (Wildman–Crippen MR) is 147 cm³/mol. The van der Waals surface area contributed by atoms with Crippen LogP contribution in [0.3, 0.4) is 0 Å². The molecule has 1 N–H and O–H groups in total. The first-order valence-electron chi connectivity index (χ1n) is 13.3. The molecule has 0 saturated heterocycles. The van der Waals surface area contributed by atoms with E-state index >= 15 is 0 Å². The maximum Gasteiger partial charge on any atom is 0.338 e. The van der Waals surface area contributed by atoms with E-state index in [1.807, 2.05) is 0 Å². The van der Waals surface area contributed by atoms with Crippen molar-refractivity contribution >= 4 is 40.7 Å². The normalized spacial score (nSPS) is 11.5. The Morgan fingerprint density at radius 2 is 1.38 bits per heavy atom. The average Bonchev–Trinajstić information content (AvgIpc) is 2.91. The van der Waals surface area contributed by atoms with Crippen molar-refractivity contribution in [1.29, 1.82) is 0 Å². The standard InChI is InChI=1S/C30H38ClNO5/c1-2-3-4-5-6-7-8-9-10-14-20-37-30(36)24-18-15-19-25(21-24)32-29(35)28(31)27(34)22-26(33)23-16-12-11-13-17-23/h11-13,15-19,21,28H,2-10,14,20,22H2,1H3,(H,32,35). The lowest BCUT2D eigenvalue weighted by molar-refractivity contribution is -0.124. The summed E-state index contributed by atoms with van der Waals surface area (Å²) in [6, 6.07) is 14.6. The molecule has 200 valence electrons. The van der Waals surface area contributed by atoms with Gasteiger partial charge in [-0.25, -0.2) is 4.79 Å². The SMILES string of the molecule is CCCCCCCCCCCCOC(=O)c1cccc(NC(=O)C(Cl)C(=O)CC(=O)c2ccccc2)c1. The van der Waals surface area contributed by atoms with E-state index in [0.717, 1.165) is 19.3 Å². The first-order valence-corrected chi connectivity index (χ1v) is 13.7. The van der Waals surface area contributed by atoms with Crippen LogP contribution in [0.1, 0.15) is 98.3 Å². The quantitative estimate of drug-likeness (QED) is 0.0730. The number of unbranched alkanes of at least 4 members (excludes halogenated alkanes) is 9. The van der Waals surface area contributed by atoms with Gasteiger partial charge in [-0.3, -0.25) is 14.4 Å². The summed E-state index contributed by atoms with van der Waals surface area (Å²) < 4.78 is 5.36. The zero-order chi connectivity index (χ0) is 26.9. The number of ether oxygens (including phenoxy) is 1. The molecule has 1 atom stereocenters. The molecule has 0 aliphatic rings. The second-order valence-corrected chi connectivity index (χ2v) is 9.62. The molecule has 2 aromatic carbocycles. The number of hydrogen-bond donors (Lipinski definition) is 1. The number of esters is 1. The molecule has 0 fully saturated rings. The summed E-state index contributed by atoms with van der Waals surface area (Å²) in [4.78, 5) is 49.4. The van der Waals surface area contributed by atoms with Crippen LogP contribution in [0, 0.1) is 0 Å². The summed E-state index contributed by atoms with van der Waals surface area (Å²) in [6.07, 6.45) is 11.5. The van der Waals surface area contributed by atoms with Crippen LogP contribution in [0.5, 0.6) is 0 Å². The van der Waals surface area contributed by atoms with Crippen LogP contribution in [0.4, 0.5) is 5.69 Å². The number of carbonyl (C=O) groups excluding carboxylic acids is 4. The highest BCUT2D eigenvalue weighted by Crippen LogP contribution is 2.16. The monoisotopic (exact) mass is 527 g/mol. The molecule has 1 unspecified atom stereocenters. The molecule has 0 aliphatic carbocycles. The van der Waals surface area contributed by atoms with E-state index in [1.54, 1.807) is 48.5 Å². The van der Waals surface area contributed by atoms with E-state index in [2.05, 4.69) is 12.2 Å². The Bertz CT molecular complexity index is 1010. The Hall–Kier alpha value is -2.99. The number of benzene rings is 2. The van der Waals surface area contributed by atoms with Crippen LogP contribution >= 0.6 is 11.6 Å². The molecule has 6 nitrogen and oxygen atoms in total. The van der Waals surface area contributed by atoms with Gasteiger partial charge in [-0.05, 0) is 24.6 Å². The van der Waals surface area contributed by atoms with Gasteiger partial charge in [0.15, 0.2) is 16.9 Å². The van der Waals surface area contributed by atoms with E-state index < -0.39 is 35.2 Å². The second kappa shape index (κ2) is 17.5. The van der Waals surface area contributed by atoms with Gasteiger partial charge in [0.25, 0.3) is 0 Å². The van der Waals surface area contributed by atoms with Crippen molar-refractivity contribution in [1.82, 2.24) is 0 Å². The van der Waals surface area contributed by atoms with Crippen molar-refractivity contribution in [3.8, 4) is 0 Å². The van der Waals surface area contributed by atoms with E-state index in [4.69, 9.17) is 16.3 Å². The fourth-order valence-corrected chi connectivity index (χ4v) is 4.02. The molecular formula is C30H38ClNO5. The third-order valence-corrected chi connectivity index (χ3v) is 6.48. The highest BCUT2D eigenvalue weighted by atomic mass is 35.5. The predicted octanol–water partition coefficient (Wildman–Crippen LogP) is 7.15. The largest absolute Gasteiger partial charge is 0.462 e. The minimum Gasteiger partial charge on any atom is -0.462 e. The maximum atomic E-state index is 12.4. The number of alkyl halides is 1. The van der Waals surface area contributed by atoms with Gasteiger partial charge in [0.2, 0.25) is 5.91 Å².